The van der Waals surface area contributed by atoms with Crippen LogP contribution in [0.25, 0.3) is 10.4 Å². The van der Waals surface area contributed by atoms with E-state index in [0.717, 1.165) is 53.1 Å². The van der Waals surface area contributed by atoms with Gasteiger partial charge in [0, 0.05) is 36.0 Å². The maximum atomic E-state index is 9.91. The Morgan fingerprint density at radius 3 is 2.60 bits per heavy atom. The average molecular weight is 492 g/mol. The highest BCUT2D eigenvalue weighted by molar-refractivity contribution is 7.15. The Bertz CT molecular complexity index is 1230. The first-order chi connectivity index (χ1) is 16.7. The molecule has 3 heterocycles. The van der Waals surface area contributed by atoms with Gasteiger partial charge in [-0.3, -0.25) is 0 Å². The number of pyridine rings is 1. The quantitative estimate of drug-likeness (QED) is 0.450. The third-order valence-corrected chi connectivity index (χ3v) is 7.16. The predicted octanol–water partition coefficient (Wildman–Crippen LogP) is 3.76. The van der Waals surface area contributed by atoms with Crippen molar-refractivity contribution in [2.24, 2.45) is 5.73 Å². The molecule has 0 saturated carbocycles. The number of aromatic nitrogens is 2. The van der Waals surface area contributed by atoms with Gasteiger partial charge in [-0.05, 0) is 76.2 Å². The number of piperidine rings is 1. The highest BCUT2D eigenvalue weighted by Gasteiger charge is 2.21. The van der Waals surface area contributed by atoms with Crippen LogP contribution in [0.4, 0.5) is 5.82 Å². The minimum absolute atomic E-state index is 0.296. The normalized spacial score (nSPS) is 15.0. The van der Waals surface area contributed by atoms with E-state index >= 15 is 0 Å². The first-order valence-corrected chi connectivity index (χ1v) is 12.6. The molecule has 1 fully saturated rings. The van der Waals surface area contributed by atoms with Crippen LogP contribution in [0.3, 0.4) is 0 Å². The number of hydrogen-bond acceptors (Lipinski definition) is 8. The molecule has 8 heteroatoms. The Hall–Kier alpha value is -2.96. The number of nitrogen functional groups attached to an aromatic ring is 1. The van der Waals surface area contributed by atoms with E-state index in [1.807, 2.05) is 30.5 Å². The molecule has 0 radical (unpaired) electrons. The number of benzene rings is 1. The van der Waals surface area contributed by atoms with Gasteiger partial charge in [0.1, 0.15) is 12.2 Å². The summed E-state index contributed by atoms with van der Waals surface area (Å²) in [7, 11) is 2.17. The lowest BCUT2D eigenvalue weighted by atomic mass is 9.98. The summed E-state index contributed by atoms with van der Waals surface area (Å²) in [5.74, 6) is 7.24. The first-order valence-electron chi connectivity index (χ1n) is 11.8. The smallest absolute Gasteiger partial charge is 0.166 e. The molecule has 35 heavy (non-hydrogen) atoms. The number of nitrogens with two attached hydrogens (primary N) is 2. The molecule has 2 aromatic heterocycles. The van der Waals surface area contributed by atoms with Crippen molar-refractivity contribution in [3.8, 4) is 28.0 Å². The minimum atomic E-state index is -1.07. The second kappa shape index (κ2) is 10.8. The van der Waals surface area contributed by atoms with Crippen LogP contribution < -0.4 is 16.2 Å². The molecule has 1 aromatic carbocycles. The summed E-state index contributed by atoms with van der Waals surface area (Å²) in [6.45, 7) is 6.20. The molecule has 0 bridgehead atoms. The van der Waals surface area contributed by atoms with Crippen molar-refractivity contribution in [3.05, 3.63) is 58.4 Å². The maximum Gasteiger partial charge on any atom is 0.166 e. The largest absolute Gasteiger partial charge is 0.485 e. The highest BCUT2D eigenvalue weighted by Crippen LogP contribution is 2.36. The Labute approximate surface area is 211 Å². The molecule has 0 atom stereocenters. The minimum Gasteiger partial charge on any atom is -0.485 e. The molecule has 3 aromatic rings. The standard InChI is InChI=1S/C27H33N5O2S/c1-27(2,33)7-4-18-10-19(14-28)12-20(11-18)17-34-23-13-22(15-30-25(23)29)24-16-31-26(35-24)21-5-8-32(3)9-6-21/h10-13,15-16,21,33H,5-6,8-9,14,17,28H2,1-3H3,(H2,29,30). The number of thiazole rings is 1. The summed E-state index contributed by atoms with van der Waals surface area (Å²) in [4.78, 5) is 12.5. The van der Waals surface area contributed by atoms with Gasteiger partial charge >= 0.3 is 0 Å². The molecule has 5 N–H and O–H groups in total. The maximum absolute atomic E-state index is 9.91. The van der Waals surface area contributed by atoms with Gasteiger partial charge in [0.25, 0.3) is 0 Å². The van der Waals surface area contributed by atoms with Gasteiger partial charge in [0.05, 0.1) is 9.88 Å². The number of anilines is 1. The van der Waals surface area contributed by atoms with E-state index < -0.39 is 5.60 Å². The van der Waals surface area contributed by atoms with Crippen LogP contribution in [-0.2, 0) is 13.2 Å². The third-order valence-electron chi connectivity index (χ3n) is 5.95. The zero-order valence-corrected chi connectivity index (χ0v) is 21.4. The van der Waals surface area contributed by atoms with Gasteiger partial charge in [-0.15, -0.1) is 11.3 Å². The molecular weight excluding hydrogens is 458 g/mol. The van der Waals surface area contributed by atoms with Crippen LogP contribution in [0.1, 0.15) is 54.3 Å². The summed E-state index contributed by atoms with van der Waals surface area (Å²) >= 11 is 1.72. The lowest BCUT2D eigenvalue weighted by Crippen LogP contribution is -2.29. The molecule has 0 spiro atoms. The zero-order chi connectivity index (χ0) is 25.0. The Kier molecular flexibility index (Phi) is 7.72. The van der Waals surface area contributed by atoms with Crippen molar-refractivity contribution in [2.75, 3.05) is 25.9 Å². The fraction of sp³-hybridized carbons (Fsp3) is 0.407. The van der Waals surface area contributed by atoms with E-state index in [-0.39, 0.29) is 0 Å². The Balaban J connectivity index is 1.50. The van der Waals surface area contributed by atoms with Crippen molar-refractivity contribution in [3.63, 3.8) is 0 Å². The van der Waals surface area contributed by atoms with Crippen molar-refractivity contribution in [1.82, 2.24) is 14.9 Å². The SMILES string of the molecule is CN1CCC(c2ncc(-c3cnc(N)c(OCc4cc(C#CC(C)(C)O)cc(CN)c4)c3)s2)CC1. The molecule has 1 aliphatic rings. The van der Waals surface area contributed by atoms with Crippen molar-refractivity contribution < 1.29 is 9.84 Å². The van der Waals surface area contributed by atoms with Gasteiger partial charge in [0.2, 0.25) is 0 Å². The van der Waals surface area contributed by atoms with Gasteiger partial charge < -0.3 is 26.2 Å². The fourth-order valence-electron chi connectivity index (χ4n) is 3.99. The van der Waals surface area contributed by atoms with Crippen LogP contribution >= 0.6 is 11.3 Å². The first kappa shape index (κ1) is 25.1. The lowest BCUT2D eigenvalue weighted by Gasteiger charge is -2.27. The zero-order valence-electron chi connectivity index (χ0n) is 20.5. The Morgan fingerprint density at radius 1 is 1.14 bits per heavy atom. The molecule has 7 nitrogen and oxygen atoms in total. The molecule has 184 valence electrons. The van der Waals surface area contributed by atoms with Gasteiger partial charge in [-0.2, -0.15) is 0 Å². The molecule has 1 saturated heterocycles. The molecule has 1 aliphatic heterocycles. The fourth-order valence-corrected chi connectivity index (χ4v) is 5.06. The average Bonchev–Trinajstić information content (AvgIpc) is 3.32. The van der Waals surface area contributed by atoms with E-state index in [1.165, 1.54) is 5.01 Å². The number of hydrogen-bond donors (Lipinski definition) is 3. The third kappa shape index (κ3) is 6.80. The number of rotatable bonds is 6. The van der Waals surface area contributed by atoms with Crippen molar-refractivity contribution >= 4 is 17.2 Å². The number of nitrogens with zero attached hydrogens (tertiary/aromatic N) is 3. The van der Waals surface area contributed by atoms with E-state index in [2.05, 4.69) is 28.8 Å². The molecule has 4 rings (SSSR count). The van der Waals surface area contributed by atoms with Crippen molar-refractivity contribution in [2.45, 2.75) is 51.4 Å². The van der Waals surface area contributed by atoms with E-state index in [0.29, 0.717) is 30.6 Å². The van der Waals surface area contributed by atoms with E-state index in [9.17, 15) is 5.11 Å². The molecular formula is C27H33N5O2S. The summed E-state index contributed by atoms with van der Waals surface area (Å²) < 4.78 is 6.07. The van der Waals surface area contributed by atoms with Crippen LogP contribution in [0, 0.1) is 11.8 Å². The van der Waals surface area contributed by atoms with Crippen LogP contribution in [0.15, 0.2) is 36.7 Å². The van der Waals surface area contributed by atoms with E-state index in [4.69, 9.17) is 21.2 Å². The molecule has 0 unspecified atom stereocenters. The van der Waals surface area contributed by atoms with Crippen LogP contribution in [-0.4, -0.2) is 45.7 Å². The molecule has 0 aliphatic carbocycles. The lowest BCUT2D eigenvalue weighted by molar-refractivity contribution is 0.143. The second-order valence-corrected chi connectivity index (χ2v) is 10.6. The number of ether oxygens (including phenoxy) is 1. The number of aliphatic hydroxyl groups is 1. The monoisotopic (exact) mass is 491 g/mol. The summed E-state index contributed by atoms with van der Waals surface area (Å²) in [6.07, 6.45) is 5.98. The highest BCUT2D eigenvalue weighted by atomic mass is 32.1. The van der Waals surface area contributed by atoms with E-state index in [1.54, 1.807) is 31.4 Å². The second-order valence-electron chi connectivity index (χ2n) is 9.59. The van der Waals surface area contributed by atoms with Crippen molar-refractivity contribution in [1.29, 1.82) is 0 Å². The molecule has 0 amide bonds. The van der Waals surface area contributed by atoms with Gasteiger partial charge in [-0.25, -0.2) is 9.97 Å². The summed E-state index contributed by atoms with van der Waals surface area (Å²) in [5, 5.41) is 11.1. The van der Waals surface area contributed by atoms with Crippen LogP contribution in [0.5, 0.6) is 5.75 Å². The Morgan fingerprint density at radius 2 is 1.89 bits per heavy atom. The van der Waals surface area contributed by atoms with Gasteiger partial charge in [-0.1, -0.05) is 17.9 Å². The predicted molar refractivity (Wildman–Crippen MR) is 141 cm³/mol. The summed E-state index contributed by atoms with van der Waals surface area (Å²) in [6, 6.07) is 7.77. The number of likely N-dealkylation sites (tertiary alicyclic amines) is 1. The van der Waals surface area contributed by atoms with Crippen LogP contribution in [0.2, 0.25) is 0 Å². The topological polar surface area (TPSA) is 111 Å². The summed E-state index contributed by atoms with van der Waals surface area (Å²) in [5.41, 5.74) is 14.5. The van der Waals surface area contributed by atoms with Gasteiger partial charge in [0.15, 0.2) is 11.6 Å².